The summed E-state index contributed by atoms with van der Waals surface area (Å²) in [6.07, 6.45) is 3.07. The normalized spacial score (nSPS) is 16.6. The molecule has 2 N–H and O–H groups in total. The lowest BCUT2D eigenvalue weighted by Crippen LogP contribution is -2.54. The van der Waals surface area contributed by atoms with E-state index in [4.69, 9.17) is 14.6 Å². The molecule has 4 aromatic rings. The maximum atomic E-state index is 11.2. The minimum Gasteiger partial charge on any atom is -0.496 e. The van der Waals surface area contributed by atoms with Crippen LogP contribution in [0, 0.1) is 0 Å². The summed E-state index contributed by atoms with van der Waals surface area (Å²) >= 11 is 0. The van der Waals surface area contributed by atoms with Crippen LogP contribution in [0.3, 0.4) is 0 Å². The van der Waals surface area contributed by atoms with Crippen LogP contribution in [0.2, 0.25) is 0 Å². The van der Waals surface area contributed by atoms with Crippen LogP contribution in [0.15, 0.2) is 60.8 Å². The van der Waals surface area contributed by atoms with Crippen molar-refractivity contribution in [1.29, 1.82) is 0 Å². The first-order valence-corrected chi connectivity index (χ1v) is 13.9. The Morgan fingerprint density at radius 3 is 2.41 bits per heavy atom. The summed E-state index contributed by atoms with van der Waals surface area (Å²) < 4.78 is 13.2. The van der Waals surface area contributed by atoms with Crippen LogP contribution in [0.5, 0.6) is 11.5 Å². The number of rotatable bonds is 7. The molecule has 4 heterocycles. The smallest absolute Gasteiger partial charge is 0.407 e. The summed E-state index contributed by atoms with van der Waals surface area (Å²) in [5.74, 6) is 1.96. The molecule has 6 rings (SSSR count). The number of nitrogens with zero attached hydrogens (tertiary/aromatic N) is 6. The predicted molar refractivity (Wildman–Crippen MR) is 158 cm³/mol. The average Bonchev–Trinajstić information content (AvgIpc) is 3.44. The third-order valence-electron chi connectivity index (χ3n) is 8.14. The van der Waals surface area contributed by atoms with Gasteiger partial charge in [0.25, 0.3) is 0 Å². The standard InChI is InChI=1S/C30H35N7O4/c1-40-27-6-4-3-5-24(27)26-10-8-23-20-31-29(33-37(23)26)32-25-9-7-22(19-28(25)41-2)34-13-11-21(12-14-34)35-15-17-36(18-16-35)30(38)39/h3-10,19-21H,11-18H2,1-2H3,(H,32,33)(H,38,39). The number of carboxylic acid groups (broad SMARTS) is 1. The average molecular weight is 558 g/mol. The molecule has 0 bridgehead atoms. The summed E-state index contributed by atoms with van der Waals surface area (Å²) in [5.41, 5.74) is 4.64. The predicted octanol–water partition coefficient (Wildman–Crippen LogP) is 4.42. The maximum absolute atomic E-state index is 11.2. The van der Waals surface area contributed by atoms with Crippen LogP contribution in [0.1, 0.15) is 12.8 Å². The van der Waals surface area contributed by atoms with Crippen LogP contribution in [-0.4, -0.2) is 95.1 Å². The highest BCUT2D eigenvalue weighted by Gasteiger charge is 2.29. The summed E-state index contributed by atoms with van der Waals surface area (Å²) in [6, 6.07) is 18.5. The molecule has 214 valence electrons. The van der Waals surface area contributed by atoms with Gasteiger partial charge in [-0.3, -0.25) is 4.90 Å². The molecule has 2 fully saturated rings. The Kier molecular flexibility index (Phi) is 7.51. The highest BCUT2D eigenvalue weighted by molar-refractivity contribution is 5.73. The monoisotopic (exact) mass is 557 g/mol. The van der Waals surface area contributed by atoms with Gasteiger partial charge in [-0.15, -0.1) is 5.10 Å². The van der Waals surface area contributed by atoms with E-state index in [9.17, 15) is 9.90 Å². The van der Waals surface area contributed by atoms with Crippen molar-refractivity contribution in [3.8, 4) is 22.8 Å². The number of piperazine rings is 1. The molecule has 1 amide bonds. The van der Waals surface area contributed by atoms with Gasteiger partial charge in [-0.2, -0.15) is 0 Å². The lowest BCUT2D eigenvalue weighted by molar-refractivity contribution is 0.0775. The second-order valence-corrected chi connectivity index (χ2v) is 10.4. The van der Waals surface area contributed by atoms with Gasteiger partial charge in [0.15, 0.2) is 0 Å². The second-order valence-electron chi connectivity index (χ2n) is 10.4. The number of carbonyl (C=O) groups is 1. The zero-order chi connectivity index (χ0) is 28.3. The first-order chi connectivity index (χ1) is 20.0. The highest BCUT2D eigenvalue weighted by atomic mass is 16.5. The van der Waals surface area contributed by atoms with Gasteiger partial charge in [0.1, 0.15) is 11.5 Å². The van der Waals surface area contributed by atoms with E-state index in [-0.39, 0.29) is 0 Å². The Labute approximate surface area is 238 Å². The molecule has 2 aliphatic rings. The molecule has 0 unspecified atom stereocenters. The number of benzene rings is 2. The molecule has 41 heavy (non-hydrogen) atoms. The van der Waals surface area contributed by atoms with Gasteiger partial charge in [0.05, 0.1) is 37.3 Å². The lowest BCUT2D eigenvalue weighted by Gasteiger charge is -2.42. The molecule has 2 aromatic heterocycles. The number of anilines is 3. The molecule has 0 spiro atoms. The minimum absolute atomic E-state index is 0.458. The van der Waals surface area contributed by atoms with Crippen LogP contribution in [-0.2, 0) is 0 Å². The van der Waals surface area contributed by atoms with E-state index < -0.39 is 6.09 Å². The van der Waals surface area contributed by atoms with Crippen molar-refractivity contribution in [2.75, 3.05) is 63.7 Å². The Hall–Kier alpha value is -4.51. The van der Waals surface area contributed by atoms with Crippen molar-refractivity contribution in [3.05, 3.63) is 60.8 Å². The number of fused-ring (bicyclic) bond motifs is 1. The van der Waals surface area contributed by atoms with Gasteiger partial charge in [-0.25, -0.2) is 14.3 Å². The summed E-state index contributed by atoms with van der Waals surface area (Å²) in [5, 5.41) is 17.3. The van der Waals surface area contributed by atoms with Crippen LogP contribution in [0.25, 0.3) is 16.8 Å². The molecule has 0 aliphatic carbocycles. The molecule has 11 nitrogen and oxygen atoms in total. The number of amides is 1. The molecule has 0 radical (unpaired) electrons. The third kappa shape index (κ3) is 5.45. The van der Waals surface area contributed by atoms with E-state index >= 15 is 0 Å². The molecule has 0 saturated carbocycles. The SMILES string of the molecule is COc1cc(N2CCC(N3CCN(C(=O)O)CC3)CC2)ccc1Nc1ncc2ccc(-c3ccccc3OC)n2n1. The number of methoxy groups -OCH3 is 2. The molecule has 11 heteroatoms. The van der Waals surface area contributed by atoms with E-state index in [1.165, 1.54) is 4.90 Å². The zero-order valence-corrected chi connectivity index (χ0v) is 23.4. The lowest BCUT2D eigenvalue weighted by atomic mass is 10.0. The van der Waals surface area contributed by atoms with Gasteiger partial charge in [0.2, 0.25) is 5.95 Å². The fourth-order valence-corrected chi connectivity index (χ4v) is 5.89. The third-order valence-corrected chi connectivity index (χ3v) is 8.14. The van der Waals surface area contributed by atoms with Crippen molar-refractivity contribution in [3.63, 3.8) is 0 Å². The summed E-state index contributed by atoms with van der Waals surface area (Å²) in [7, 11) is 3.34. The topological polar surface area (TPSA) is 108 Å². The Balaban J connectivity index is 1.14. The summed E-state index contributed by atoms with van der Waals surface area (Å²) in [4.78, 5) is 22.1. The van der Waals surface area contributed by atoms with E-state index in [1.54, 1.807) is 20.4 Å². The van der Waals surface area contributed by atoms with E-state index in [0.717, 1.165) is 78.7 Å². The van der Waals surface area contributed by atoms with Crippen LogP contribution < -0.4 is 19.7 Å². The Bertz CT molecular complexity index is 1520. The summed E-state index contributed by atoms with van der Waals surface area (Å²) in [6.45, 7) is 4.68. The molecule has 2 saturated heterocycles. The Morgan fingerprint density at radius 1 is 0.927 bits per heavy atom. The minimum atomic E-state index is -0.819. The number of piperidine rings is 1. The highest BCUT2D eigenvalue weighted by Crippen LogP contribution is 2.34. The number of para-hydroxylation sites is 1. The number of hydrogen-bond acceptors (Lipinski definition) is 8. The Morgan fingerprint density at radius 2 is 1.68 bits per heavy atom. The fraction of sp³-hybridized carbons (Fsp3) is 0.367. The van der Waals surface area contributed by atoms with Crippen LogP contribution >= 0.6 is 0 Å². The van der Waals surface area contributed by atoms with E-state index in [2.05, 4.69) is 32.2 Å². The number of nitrogens with one attached hydrogen (secondary N) is 1. The van der Waals surface area contributed by atoms with Gasteiger partial charge in [0, 0.05) is 62.6 Å². The number of aromatic nitrogens is 3. The molecule has 0 atom stereocenters. The van der Waals surface area contributed by atoms with Gasteiger partial charge in [-0.05, 0) is 49.2 Å². The molecular formula is C30H35N7O4. The molecule has 2 aliphatic heterocycles. The van der Waals surface area contributed by atoms with Crippen LogP contribution in [0.4, 0.5) is 22.1 Å². The number of hydrogen-bond donors (Lipinski definition) is 2. The first-order valence-electron chi connectivity index (χ1n) is 13.9. The van der Waals surface area contributed by atoms with Crippen molar-refractivity contribution >= 4 is 28.9 Å². The molecule has 2 aromatic carbocycles. The van der Waals surface area contributed by atoms with Gasteiger partial charge < -0.3 is 29.7 Å². The number of ether oxygens (including phenoxy) is 2. The quantitative estimate of drug-likeness (QED) is 0.341. The van der Waals surface area contributed by atoms with Gasteiger partial charge >= 0.3 is 6.09 Å². The fourth-order valence-electron chi connectivity index (χ4n) is 5.89. The van der Waals surface area contributed by atoms with E-state index in [1.807, 2.05) is 47.0 Å². The van der Waals surface area contributed by atoms with Crippen molar-refractivity contribution in [2.45, 2.75) is 18.9 Å². The van der Waals surface area contributed by atoms with Gasteiger partial charge in [-0.1, -0.05) is 12.1 Å². The first kappa shape index (κ1) is 26.7. The van der Waals surface area contributed by atoms with Crippen molar-refractivity contribution in [2.24, 2.45) is 0 Å². The molecular weight excluding hydrogens is 522 g/mol. The zero-order valence-electron chi connectivity index (χ0n) is 23.4. The van der Waals surface area contributed by atoms with E-state index in [0.29, 0.717) is 25.1 Å². The maximum Gasteiger partial charge on any atom is 0.407 e. The van der Waals surface area contributed by atoms with Crippen molar-refractivity contribution in [1.82, 2.24) is 24.4 Å². The second kappa shape index (κ2) is 11.5. The van der Waals surface area contributed by atoms with Crippen molar-refractivity contribution < 1.29 is 19.4 Å². The largest absolute Gasteiger partial charge is 0.496 e.